The molecule has 6 nitrogen and oxygen atoms in total. The van der Waals surface area contributed by atoms with Gasteiger partial charge in [-0.3, -0.25) is 4.79 Å². The minimum absolute atomic E-state index is 0.0409. The van der Waals surface area contributed by atoms with E-state index in [1.807, 2.05) is 43.3 Å². The van der Waals surface area contributed by atoms with Crippen molar-refractivity contribution in [2.45, 2.75) is 31.6 Å². The van der Waals surface area contributed by atoms with Crippen LogP contribution >= 0.6 is 0 Å². The summed E-state index contributed by atoms with van der Waals surface area (Å²) in [4.78, 5) is 26.2. The Balaban J connectivity index is 1.61. The third-order valence-electron chi connectivity index (χ3n) is 6.23. The molecule has 2 atom stereocenters. The molecule has 0 radical (unpaired) electrons. The molecular weight excluding hydrogens is 394 g/mol. The SMILES string of the molecule is COC(=O)C1=C(C)NC2=C(C(=O)C[C@H](c3ccccc3)C2)[C@@H]1c1ccc2c(c1)OCO2. The van der Waals surface area contributed by atoms with E-state index in [0.717, 1.165) is 16.8 Å². The number of rotatable bonds is 3. The molecule has 1 N–H and O–H groups in total. The Morgan fingerprint density at radius 3 is 2.58 bits per heavy atom. The molecule has 158 valence electrons. The predicted octanol–water partition coefficient (Wildman–Crippen LogP) is 3.95. The molecule has 2 aromatic rings. The predicted molar refractivity (Wildman–Crippen MR) is 114 cm³/mol. The van der Waals surface area contributed by atoms with Gasteiger partial charge < -0.3 is 19.5 Å². The van der Waals surface area contributed by atoms with Crippen LogP contribution in [-0.4, -0.2) is 25.7 Å². The largest absolute Gasteiger partial charge is 0.466 e. The number of hydrogen-bond acceptors (Lipinski definition) is 6. The number of Topliss-reactive ketones (excluding diaryl/α,β-unsaturated/α-hetero) is 1. The number of methoxy groups -OCH3 is 1. The maximum Gasteiger partial charge on any atom is 0.336 e. The molecule has 0 saturated heterocycles. The summed E-state index contributed by atoms with van der Waals surface area (Å²) in [6.45, 7) is 2.02. The fourth-order valence-corrected chi connectivity index (χ4v) is 4.81. The Kier molecular flexibility index (Phi) is 4.77. The lowest BCUT2D eigenvalue weighted by Gasteiger charge is -2.36. The van der Waals surface area contributed by atoms with Crippen molar-refractivity contribution in [2.75, 3.05) is 13.9 Å². The van der Waals surface area contributed by atoms with Gasteiger partial charge in [-0.1, -0.05) is 36.4 Å². The van der Waals surface area contributed by atoms with Crippen LogP contribution in [0.3, 0.4) is 0 Å². The highest BCUT2D eigenvalue weighted by atomic mass is 16.7. The maximum absolute atomic E-state index is 13.5. The van der Waals surface area contributed by atoms with Crippen LogP contribution in [0.5, 0.6) is 11.5 Å². The lowest BCUT2D eigenvalue weighted by molar-refractivity contribution is -0.136. The second-order valence-corrected chi connectivity index (χ2v) is 8.03. The fraction of sp³-hybridized carbons (Fsp3) is 0.280. The van der Waals surface area contributed by atoms with E-state index in [4.69, 9.17) is 14.2 Å². The number of carbonyl (C=O) groups excluding carboxylic acids is 2. The minimum Gasteiger partial charge on any atom is -0.466 e. The Morgan fingerprint density at radius 1 is 1.03 bits per heavy atom. The number of esters is 1. The van der Waals surface area contributed by atoms with Crippen LogP contribution in [0.2, 0.25) is 0 Å². The quantitative estimate of drug-likeness (QED) is 0.763. The average molecular weight is 417 g/mol. The van der Waals surface area contributed by atoms with E-state index < -0.39 is 11.9 Å². The number of dihydropyridines is 1. The Bertz CT molecular complexity index is 1130. The van der Waals surface area contributed by atoms with E-state index in [2.05, 4.69) is 17.4 Å². The molecule has 2 heterocycles. The minimum atomic E-state index is -0.512. The number of nitrogens with one attached hydrogen (secondary N) is 1. The van der Waals surface area contributed by atoms with Gasteiger partial charge in [0.05, 0.1) is 12.7 Å². The van der Waals surface area contributed by atoms with Crippen molar-refractivity contribution >= 4 is 11.8 Å². The van der Waals surface area contributed by atoms with E-state index in [-0.39, 0.29) is 18.5 Å². The van der Waals surface area contributed by atoms with Gasteiger partial charge in [-0.15, -0.1) is 0 Å². The number of fused-ring (bicyclic) bond motifs is 1. The normalized spacial score (nSPS) is 22.2. The number of benzene rings is 2. The van der Waals surface area contributed by atoms with Gasteiger partial charge in [-0.05, 0) is 42.5 Å². The van der Waals surface area contributed by atoms with Gasteiger partial charge in [0.15, 0.2) is 17.3 Å². The molecule has 2 aliphatic heterocycles. The monoisotopic (exact) mass is 417 g/mol. The lowest BCUT2D eigenvalue weighted by atomic mass is 9.71. The maximum atomic E-state index is 13.5. The second-order valence-electron chi connectivity index (χ2n) is 8.03. The number of hydrogen-bond donors (Lipinski definition) is 1. The summed E-state index contributed by atoms with van der Waals surface area (Å²) in [5, 5.41) is 3.35. The van der Waals surface area contributed by atoms with Crippen molar-refractivity contribution in [2.24, 2.45) is 0 Å². The van der Waals surface area contributed by atoms with Crippen molar-refractivity contribution in [3.63, 3.8) is 0 Å². The molecule has 31 heavy (non-hydrogen) atoms. The van der Waals surface area contributed by atoms with E-state index in [1.54, 1.807) is 0 Å². The summed E-state index contributed by atoms with van der Waals surface area (Å²) in [5.74, 6) is 0.459. The van der Waals surface area contributed by atoms with Crippen LogP contribution < -0.4 is 14.8 Å². The van der Waals surface area contributed by atoms with Gasteiger partial charge in [0.2, 0.25) is 6.79 Å². The third kappa shape index (κ3) is 3.28. The first-order valence-electron chi connectivity index (χ1n) is 10.3. The number of ether oxygens (including phenoxy) is 3. The van der Waals surface area contributed by atoms with Gasteiger partial charge in [-0.2, -0.15) is 0 Å². The number of ketones is 1. The molecule has 1 aliphatic carbocycles. The summed E-state index contributed by atoms with van der Waals surface area (Å²) < 4.78 is 16.1. The summed E-state index contributed by atoms with van der Waals surface area (Å²) in [5.41, 5.74) is 4.62. The molecule has 0 unspecified atom stereocenters. The van der Waals surface area contributed by atoms with Gasteiger partial charge in [-0.25, -0.2) is 4.79 Å². The first-order chi connectivity index (χ1) is 15.1. The number of carbonyl (C=O) groups is 2. The van der Waals surface area contributed by atoms with Gasteiger partial charge in [0.1, 0.15) is 0 Å². The van der Waals surface area contributed by atoms with E-state index in [9.17, 15) is 9.59 Å². The van der Waals surface area contributed by atoms with Crippen LogP contribution in [0.1, 0.15) is 42.7 Å². The summed E-state index contributed by atoms with van der Waals surface area (Å²) in [7, 11) is 1.36. The van der Waals surface area contributed by atoms with Crippen molar-refractivity contribution in [3.8, 4) is 11.5 Å². The van der Waals surface area contributed by atoms with E-state index in [1.165, 1.54) is 7.11 Å². The lowest BCUT2D eigenvalue weighted by Crippen LogP contribution is -2.36. The van der Waals surface area contributed by atoms with Crippen molar-refractivity contribution < 1.29 is 23.8 Å². The molecule has 0 aromatic heterocycles. The Labute approximate surface area is 180 Å². The molecule has 6 heteroatoms. The van der Waals surface area contributed by atoms with E-state index >= 15 is 0 Å². The molecule has 0 bridgehead atoms. The highest BCUT2D eigenvalue weighted by molar-refractivity contribution is 6.04. The van der Waals surface area contributed by atoms with Crippen LogP contribution in [0.4, 0.5) is 0 Å². The van der Waals surface area contributed by atoms with Crippen molar-refractivity contribution in [1.82, 2.24) is 5.32 Å². The highest BCUT2D eigenvalue weighted by Crippen LogP contribution is 2.47. The van der Waals surface area contributed by atoms with Gasteiger partial charge in [0.25, 0.3) is 0 Å². The summed E-state index contributed by atoms with van der Waals surface area (Å²) in [6, 6.07) is 15.7. The van der Waals surface area contributed by atoms with Crippen LogP contribution in [0.25, 0.3) is 0 Å². The third-order valence-corrected chi connectivity index (χ3v) is 6.23. The zero-order valence-corrected chi connectivity index (χ0v) is 17.4. The molecule has 2 aromatic carbocycles. The van der Waals surface area contributed by atoms with E-state index in [0.29, 0.717) is 41.2 Å². The second kappa shape index (κ2) is 7.61. The standard InChI is InChI=1S/C25H23NO5/c1-14-22(25(28)29-2)23(16-8-9-20-21(12-16)31-13-30-20)24-18(26-14)10-17(11-19(24)27)15-6-4-3-5-7-15/h3-9,12,17,23,26H,10-11,13H2,1-2H3/t17-,23-/m1/s1. The van der Waals surface area contributed by atoms with Crippen molar-refractivity contribution in [3.05, 3.63) is 82.2 Å². The zero-order valence-electron chi connectivity index (χ0n) is 17.4. The molecule has 0 spiro atoms. The highest BCUT2D eigenvalue weighted by Gasteiger charge is 2.41. The summed E-state index contributed by atoms with van der Waals surface area (Å²) >= 11 is 0. The topological polar surface area (TPSA) is 73.9 Å². The molecular formula is C25H23NO5. The van der Waals surface area contributed by atoms with Crippen molar-refractivity contribution in [1.29, 1.82) is 0 Å². The Hall–Kier alpha value is -3.54. The molecule has 0 amide bonds. The van der Waals surface area contributed by atoms with Gasteiger partial charge in [0, 0.05) is 29.3 Å². The smallest absolute Gasteiger partial charge is 0.336 e. The van der Waals surface area contributed by atoms with Crippen LogP contribution in [-0.2, 0) is 14.3 Å². The van der Waals surface area contributed by atoms with Crippen LogP contribution in [0.15, 0.2) is 71.1 Å². The Morgan fingerprint density at radius 2 is 1.81 bits per heavy atom. The molecule has 5 rings (SSSR count). The fourth-order valence-electron chi connectivity index (χ4n) is 4.81. The summed E-state index contributed by atoms with van der Waals surface area (Å²) in [6.07, 6.45) is 1.11. The first kappa shape index (κ1) is 19.4. The van der Waals surface area contributed by atoms with Gasteiger partial charge >= 0.3 is 5.97 Å². The average Bonchev–Trinajstić information content (AvgIpc) is 3.26. The molecule has 0 saturated carbocycles. The first-order valence-corrected chi connectivity index (χ1v) is 10.3. The van der Waals surface area contributed by atoms with Crippen LogP contribution in [0, 0.1) is 0 Å². The molecule has 0 fully saturated rings. The zero-order chi connectivity index (χ0) is 21.5. The number of allylic oxidation sites excluding steroid dienone is 3. The molecule has 3 aliphatic rings.